The summed E-state index contributed by atoms with van der Waals surface area (Å²) in [5.41, 5.74) is 0.413. The maximum Gasteiger partial charge on any atom is 0.339 e. The van der Waals surface area contributed by atoms with Gasteiger partial charge < -0.3 is 29.2 Å². The van der Waals surface area contributed by atoms with Gasteiger partial charge in [0, 0.05) is 17.0 Å². The molecule has 1 saturated heterocycles. The Bertz CT molecular complexity index is 769. The van der Waals surface area contributed by atoms with Gasteiger partial charge in [0.1, 0.15) is 29.6 Å². The van der Waals surface area contributed by atoms with Crippen molar-refractivity contribution in [2.24, 2.45) is 0 Å². The summed E-state index contributed by atoms with van der Waals surface area (Å²) in [6, 6.07) is 6.57. The van der Waals surface area contributed by atoms with Crippen LogP contribution in [0.25, 0.3) is 11.0 Å². The predicted octanol–water partition coefficient (Wildman–Crippen LogP) is 0.308. The zero-order chi connectivity index (χ0) is 16.7. The highest BCUT2D eigenvalue weighted by atomic mass is 16.7. The molecule has 5 atom stereocenters. The first-order chi connectivity index (χ1) is 10.9. The van der Waals surface area contributed by atoms with Gasteiger partial charge in [-0.3, -0.25) is 0 Å². The molecular formula is C16H18O7. The van der Waals surface area contributed by atoms with Crippen LogP contribution in [0.3, 0.4) is 0 Å². The molecule has 0 spiro atoms. The van der Waals surface area contributed by atoms with Gasteiger partial charge in [0.05, 0.1) is 6.10 Å². The SMILES string of the molecule is Cc1cc2ccc(O[C@@H]3O[C@H](C)[C@H](O)[C@H](O)[C@H]3O)cc2oc1=O. The quantitative estimate of drug-likeness (QED) is 0.683. The van der Waals surface area contributed by atoms with Crippen molar-refractivity contribution >= 4 is 11.0 Å². The van der Waals surface area contributed by atoms with Crippen molar-refractivity contribution in [1.29, 1.82) is 0 Å². The van der Waals surface area contributed by atoms with E-state index in [1.807, 2.05) is 0 Å². The Balaban J connectivity index is 1.86. The summed E-state index contributed by atoms with van der Waals surface area (Å²) in [5.74, 6) is 0.310. The normalized spacial score (nSPS) is 31.3. The van der Waals surface area contributed by atoms with Crippen LogP contribution >= 0.6 is 0 Å². The van der Waals surface area contributed by atoms with Crippen LogP contribution in [0.1, 0.15) is 12.5 Å². The summed E-state index contributed by atoms with van der Waals surface area (Å²) in [6.45, 7) is 3.23. The number of ether oxygens (including phenoxy) is 2. The van der Waals surface area contributed by atoms with Crippen LogP contribution in [-0.4, -0.2) is 46.0 Å². The minimum Gasteiger partial charge on any atom is -0.462 e. The van der Waals surface area contributed by atoms with Crippen LogP contribution in [0, 0.1) is 6.92 Å². The standard InChI is InChI=1S/C16H18O7/c1-7-5-9-3-4-10(6-11(9)23-15(7)20)22-16-14(19)13(18)12(17)8(2)21-16/h3-6,8,12-14,16-19H,1-2H3/t8-,12+,13+,14-,16+/m1/s1. The number of fused-ring (bicyclic) bond motifs is 1. The fourth-order valence-corrected chi connectivity index (χ4v) is 2.51. The fourth-order valence-electron chi connectivity index (χ4n) is 2.51. The monoisotopic (exact) mass is 322 g/mol. The molecule has 0 aliphatic carbocycles. The average Bonchev–Trinajstić information content (AvgIpc) is 2.52. The molecule has 0 unspecified atom stereocenters. The molecule has 7 nitrogen and oxygen atoms in total. The lowest BCUT2D eigenvalue weighted by Gasteiger charge is -2.38. The zero-order valence-corrected chi connectivity index (χ0v) is 12.7. The van der Waals surface area contributed by atoms with Crippen LogP contribution in [0.5, 0.6) is 5.75 Å². The topological polar surface area (TPSA) is 109 Å². The number of aliphatic hydroxyl groups is 3. The Morgan fingerprint density at radius 2 is 1.83 bits per heavy atom. The van der Waals surface area contributed by atoms with E-state index in [1.54, 1.807) is 32.0 Å². The number of rotatable bonds is 2. The lowest BCUT2D eigenvalue weighted by molar-refractivity contribution is -0.268. The molecule has 124 valence electrons. The van der Waals surface area contributed by atoms with Gasteiger partial charge in [0.25, 0.3) is 0 Å². The fraction of sp³-hybridized carbons (Fsp3) is 0.438. The van der Waals surface area contributed by atoms with Crippen LogP contribution in [0.15, 0.2) is 33.5 Å². The number of aryl methyl sites for hydroxylation is 1. The van der Waals surface area contributed by atoms with Crippen molar-refractivity contribution in [1.82, 2.24) is 0 Å². The van der Waals surface area contributed by atoms with Gasteiger partial charge in [-0.1, -0.05) is 0 Å². The molecule has 7 heteroatoms. The van der Waals surface area contributed by atoms with E-state index < -0.39 is 36.3 Å². The summed E-state index contributed by atoms with van der Waals surface area (Å²) in [7, 11) is 0. The summed E-state index contributed by atoms with van der Waals surface area (Å²) in [5, 5.41) is 30.1. The molecule has 23 heavy (non-hydrogen) atoms. The molecule has 1 fully saturated rings. The largest absolute Gasteiger partial charge is 0.462 e. The summed E-state index contributed by atoms with van der Waals surface area (Å²) >= 11 is 0. The molecule has 2 aromatic rings. The van der Waals surface area contributed by atoms with Crippen LogP contribution in [0.4, 0.5) is 0 Å². The molecule has 1 aliphatic rings. The first-order valence-corrected chi connectivity index (χ1v) is 7.27. The van der Waals surface area contributed by atoms with E-state index in [0.717, 1.165) is 5.39 Å². The van der Waals surface area contributed by atoms with Crippen LogP contribution < -0.4 is 10.4 Å². The van der Waals surface area contributed by atoms with Gasteiger partial charge in [0.2, 0.25) is 6.29 Å². The minimum absolute atomic E-state index is 0.310. The van der Waals surface area contributed by atoms with Crippen molar-refractivity contribution in [3.8, 4) is 5.75 Å². The summed E-state index contributed by atoms with van der Waals surface area (Å²) < 4.78 is 16.1. The highest BCUT2D eigenvalue weighted by molar-refractivity contribution is 5.78. The zero-order valence-electron chi connectivity index (χ0n) is 12.7. The number of hydrogen-bond acceptors (Lipinski definition) is 7. The van der Waals surface area contributed by atoms with E-state index in [2.05, 4.69) is 0 Å². The third-order valence-corrected chi connectivity index (χ3v) is 3.94. The van der Waals surface area contributed by atoms with Gasteiger partial charge in [-0.25, -0.2) is 4.79 Å². The van der Waals surface area contributed by atoms with E-state index in [1.165, 1.54) is 6.07 Å². The first-order valence-electron chi connectivity index (χ1n) is 7.27. The van der Waals surface area contributed by atoms with Gasteiger partial charge in [-0.05, 0) is 32.0 Å². The van der Waals surface area contributed by atoms with Crippen molar-refractivity contribution in [3.63, 3.8) is 0 Å². The van der Waals surface area contributed by atoms with E-state index in [4.69, 9.17) is 13.9 Å². The summed E-state index contributed by atoms with van der Waals surface area (Å²) in [4.78, 5) is 11.6. The Hall–Kier alpha value is -1.93. The number of benzene rings is 1. The molecule has 2 heterocycles. The van der Waals surface area contributed by atoms with Gasteiger partial charge in [-0.2, -0.15) is 0 Å². The van der Waals surface area contributed by atoms with Crippen molar-refractivity contribution in [2.45, 2.75) is 44.6 Å². The molecule has 0 amide bonds. The Labute approximate surface area is 131 Å². The van der Waals surface area contributed by atoms with Crippen LogP contribution in [0.2, 0.25) is 0 Å². The van der Waals surface area contributed by atoms with Crippen LogP contribution in [-0.2, 0) is 4.74 Å². The Morgan fingerprint density at radius 3 is 2.57 bits per heavy atom. The molecular weight excluding hydrogens is 304 g/mol. The lowest BCUT2D eigenvalue weighted by atomic mass is 10.00. The highest BCUT2D eigenvalue weighted by Crippen LogP contribution is 2.26. The maximum atomic E-state index is 11.6. The molecule has 3 N–H and O–H groups in total. The maximum absolute atomic E-state index is 11.6. The minimum atomic E-state index is -1.40. The number of aliphatic hydroxyl groups excluding tert-OH is 3. The van der Waals surface area contributed by atoms with Gasteiger partial charge in [-0.15, -0.1) is 0 Å². The molecule has 1 aliphatic heterocycles. The van der Waals surface area contributed by atoms with Crippen molar-refractivity contribution in [2.75, 3.05) is 0 Å². The third kappa shape index (κ3) is 2.96. The highest BCUT2D eigenvalue weighted by Gasteiger charge is 2.43. The molecule has 0 bridgehead atoms. The van der Waals surface area contributed by atoms with Crippen molar-refractivity contribution in [3.05, 3.63) is 40.2 Å². The smallest absolute Gasteiger partial charge is 0.339 e. The second-order valence-corrected chi connectivity index (χ2v) is 5.72. The van der Waals surface area contributed by atoms with E-state index in [9.17, 15) is 20.1 Å². The first kappa shape index (κ1) is 15.9. The van der Waals surface area contributed by atoms with E-state index >= 15 is 0 Å². The predicted molar refractivity (Wildman–Crippen MR) is 80.2 cm³/mol. The van der Waals surface area contributed by atoms with Gasteiger partial charge >= 0.3 is 5.63 Å². The average molecular weight is 322 g/mol. The molecule has 3 rings (SSSR count). The Morgan fingerprint density at radius 1 is 1.09 bits per heavy atom. The second kappa shape index (κ2) is 5.93. The molecule has 0 radical (unpaired) electrons. The third-order valence-electron chi connectivity index (χ3n) is 3.94. The van der Waals surface area contributed by atoms with E-state index in [0.29, 0.717) is 16.9 Å². The lowest BCUT2D eigenvalue weighted by Crippen LogP contribution is -2.58. The number of hydrogen-bond donors (Lipinski definition) is 3. The summed E-state index contributed by atoms with van der Waals surface area (Å²) in [6.07, 6.45) is -5.80. The molecule has 1 aromatic carbocycles. The Kier molecular flexibility index (Phi) is 4.11. The van der Waals surface area contributed by atoms with E-state index in [-0.39, 0.29) is 0 Å². The molecule has 0 saturated carbocycles. The second-order valence-electron chi connectivity index (χ2n) is 5.72. The van der Waals surface area contributed by atoms with Crippen molar-refractivity contribution < 1.29 is 29.2 Å². The van der Waals surface area contributed by atoms with Gasteiger partial charge in [0.15, 0.2) is 0 Å². The molecule has 1 aromatic heterocycles.